The average Bonchev–Trinajstić information content (AvgIpc) is 2.67. The smallest absolute Gasteiger partial charge is 0.0602 e. The molecule has 1 aromatic rings. The van der Waals surface area contributed by atoms with Crippen LogP contribution in [0.5, 0.6) is 0 Å². The lowest BCUT2D eigenvalue weighted by atomic mass is 9.72. The number of nitrogens with one attached hydrogen (secondary N) is 2. The molecule has 3 rings (SSSR count). The Balaban J connectivity index is 0. The molecule has 1 saturated heterocycles. The molecule has 0 amide bonds. The van der Waals surface area contributed by atoms with Gasteiger partial charge >= 0.3 is 0 Å². The highest BCUT2D eigenvalue weighted by Gasteiger charge is 2.41. The summed E-state index contributed by atoms with van der Waals surface area (Å²) in [5, 5.41) is 8.42. The molecule has 0 spiro atoms. The fourth-order valence-corrected chi connectivity index (χ4v) is 4.98. The standard InChI is InChI=1S/C21H35ClN4.4ClH/c1-23-21(18-8-3-4-9-19(18)22)11-6-5-10-20(21)24-12-7-13-26-16-14-25(2)15-17-26;;;;/h3-4,8-9,20,23-24H,5-7,10-17H2,1-2H3;4*1H/t20-,21+;;;;/m1..../s1. The van der Waals surface area contributed by atoms with E-state index in [-0.39, 0.29) is 55.2 Å². The molecule has 0 radical (unpaired) electrons. The zero-order valence-corrected chi connectivity index (χ0v) is 22.1. The maximum absolute atomic E-state index is 6.59. The summed E-state index contributed by atoms with van der Waals surface area (Å²) in [6, 6.07) is 8.79. The minimum Gasteiger partial charge on any atom is -0.312 e. The molecule has 1 aliphatic heterocycles. The highest BCUT2D eigenvalue weighted by molar-refractivity contribution is 6.31. The van der Waals surface area contributed by atoms with E-state index < -0.39 is 0 Å². The van der Waals surface area contributed by atoms with Crippen LogP contribution in [-0.4, -0.2) is 69.2 Å². The molecule has 1 aromatic carbocycles. The van der Waals surface area contributed by atoms with Gasteiger partial charge in [-0.05, 0) is 58.1 Å². The summed E-state index contributed by atoms with van der Waals surface area (Å²) in [5.74, 6) is 0. The third-order valence-corrected chi connectivity index (χ3v) is 6.68. The predicted molar refractivity (Wildman–Crippen MR) is 140 cm³/mol. The number of likely N-dealkylation sites (N-methyl/N-ethyl adjacent to an activating group) is 2. The van der Waals surface area contributed by atoms with Crippen LogP contribution in [-0.2, 0) is 5.54 Å². The number of hydrogen-bond acceptors (Lipinski definition) is 4. The van der Waals surface area contributed by atoms with Crippen LogP contribution >= 0.6 is 61.2 Å². The van der Waals surface area contributed by atoms with Gasteiger partial charge in [0.2, 0.25) is 0 Å². The highest BCUT2D eigenvalue weighted by atomic mass is 35.5. The average molecular weight is 525 g/mol. The topological polar surface area (TPSA) is 30.5 Å². The van der Waals surface area contributed by atoms with Gasteiger partial charge in [-0.1, -0.05) is 42.6 Å². The van der Waals surface area contributed by atoms with E-state index in [0.717, 1.165) is 18.0 Å². The zero-order valence-electron chi connectivity index (χ0n) is 18.1. The van der Waals surface area contributed by atoms with Gasteiger partial charge in [-0.15, -0.1) is 49.6 Å². The van der Waals surface area contributed by atoms with E-state index in [1.807, 2.05) is 12.1 Å². The van der Waals surface area contributed by atoms with Crippen LogP contribution in [0.25, 0.3) is 0 Å². The third kappa shape index (κ3) is 8.13. The van der Waals surface area contributed by atoms with E-state index >= 15 is 0 Å². The summed E-state index contributed by atoms with van der Waals surface area (Å²) >= 11 is 6.59. The summed E-state index contributed by atoms with van der Waals surface area (Å²) in [4.78, 5) is 5.02. The van der Waals surface area contributed by atoms with Crippen molar-refractivity contribution in [2.45, 2.75) is 43.7 Å². The number of halogens is 5. The van der Waals surface area contributed by atoms with E-state index in [1.54, 1.807) is 0 Å². The molecule has 178 valence electrons. The van der Waals surface area contributed by atoms with Crippen molar-refractivity contribution in [3.63, 3.8) is 0 Å². The third-order valence-electron chi connectivity index (χ3n) is 6.35. The molecule has 1 aliphatic carbocycles. The Morgan fingerprint density at radius 2 is 1.70 bits per heavy atom. The number of benzene rings is 1. The zero-order chi connectivity index (χ0) is 18.4. The van der Waals surface area contributed by atoms with E-state index in [4.69, 9.17) is 11.6 Å². The molecule has 9 heteroatoms. The Kier molecular flexibility index (Phi) is 17.6. The van der Waals surface area contributed by atoms with E-state index in [2.05, 4.69) is 46.7 Å². The summed E-state index contributed by atoms with van der Waals surface area (Å²) < 4.78 is 0. The molecule has 1 heterocycles. The van der Waals surface area contributed by atoms with Gasteiger partial charge in [0, 0.05) is 37.2 Å². The van der Waals surface area contributed by atoms with Crippen LogP contribution in [0.3, 0.4) is 0 Å². The molecular formula is C21H39Cl5N4. The van der Waals surface area contributed by atoms with Crippen molar-refractivity contribution in [3.05, 3.63) is 34.9 Å². The second kappa shape index (κ2) is 16.2. The maximum atomic E-state index is 6.59. The Hall–Kier alpha value is 0.510. The van der Waals surface area contributed by atoms with Crippen molar-refractivity contribution >= 4 is 61.2 Å². The largest absolute Gasteiger partial charge is 0.312 e. The molecule has 1 saturated carbocycles. The second-order valence-corrected chi connectivity index (χ2v) is 8.36. The van der Waals surface area contributed by atoms with Gasteiger partial charge in [-0.25, -0.2) is 0 Å². The number of piperazine rings is 1. The first-order valence-electron chi connectivity index (χ1n) is 10.2. The van der Waals surface area contributed by atoms with Crippen LogP contribution < -0.4 is 10.6 Å². The monoisotopic (exact) mass is 522 g/mol. The molecule has 30 heavy (non-hydrogen) atoms. The Morgan fingerprint density at radius 3 is 2.33 bits per heavy atom. The van der Waals surface area contributed by atoms with Crippen molar-refractivity contribution in [2.24, 2.45) is 0 Å². The summed E-state index contributed by atoms with van der Waals surface area (Å²) in [6.07, 6.45) is 6.11. The molecular weight excluding hydrogens is 486 g/mol. The lowest BCUT2D eigenvalue weighted by Gasteiger charge is -2.45. The molecule has 0 bridgehead atoms. The lowest BCUT2D eigenvalue weighted by molar-refractivity contribution is 0.147. The van der Waals surface area contributed by atoms with Gasteiger partial charge in [0.25, 0.3) is 0 Å². The molecule has 0 aromatic heterocycles. The Morgan fingerprint density at radius 1 is 1.03 bits per heavy atom. The predicted octanol–water partition coefficient (Wildman–Crippen LogP) is 4.61. The lowest BCUT2D eigenvalue weighted by Crippen LogP contribution is -2.58. The van der Waals surface area contributed by atoms with Crippen molar-refractivity contribution in [2.75, 3.05) is 53.4 Å². The molecule has 2 fully saturated rings. The first-order chi connectivity index (χ1) is 12.7. The molecule has 0 unspecified atom stereocenters. The second-order valence-electron chi connectivity index (χ2n) is 7.95. The molecule has 2 aliphatic rings. The summed E-state index contributed by atoms with van der Waals surface area (Å²) in [7, 11) is 4.31. The normalized spacial score (nSPS) is 24.6. The molecule has 2 atom stereocenters. The van der Waals surface area contributed by atoms with Crippen molar-refractivity contribution in [1.29, 1.82) is 0 Å². The fourth-order valence-electron chi connectivity index (χ4n) is 4.68. The molecule has 2 N–H and O–H groups in total. The fraction of sp³-hybridized carbons (Fsp3) is 0.714. The minimum absolute atomic E-state index is 0. The van der Waals surface area contributed by atoms with Gasteiger partial charge in [0.1, 0.15) is 0 Å². The van der Waals surface area contributed by atoms with Gasteiger partial charge in [0.15, 0.2) is 0 Å². The quantitative estimate of drug-likeness (QED) is 0.510. The van der Waals surface area contributed by atoms with Crippen molar-refractivity contribution in [3.8, 4) is 0 Å². The summed E-state index contributed by atoms with van der Waals surface area (Å²) in [5.41, 5.74) is 1.20. The van der Waals surface area contributed by atoms with E-state index in [1.165, 1.54) is 64.0 Å². The first-order valence-corrected chi connectivity index (χ1v) is 10.6. The minimum atomic E-state index is -0.0512. The summed E-state index contributed by atoms with van der Waals surface area (Å²) in [6.45, 7) is 7.09. The van der Waals surface area contributed by atoms with E-state index in [9.17, 15) is 0 Å². The number of nitrogens with zero attached hydrogens (tertiary/aromatic N) is 2. The van der Waals surface area contributed by atoms with Gasteiger partial charge < -0.3 is 20.4 Å². The number of hydrogen-bond donors (Lipinski definition) is 2. The SMILES string of the molecule is CN[C@]1(c2ccccc2Cl)CCCC[C@H]1NCCCN1CCN(C)CC1.Cl.Cl.Cl.Cl. The van der Waals surface area contributed by atoms with Gasteiger partial charge in [-0.3, -0.25) is 0 Å². The van der Waals surface area contributed by atoms with Crippen LogP contribution in [0.15, 0.2) is 24.3 Å². The first kappa shape index (κ1) is 32.7. The van der Waals surface area contributed by atoms with Gasteiger partial charge in [0.05, 0.1) is 5.54 Å². The van der Waals surface area contributed by atoms with Crippen LogP contribution in [0, 0.1) is 0 Å². The maximum Gasteiger partial charge on any atom is 0.0602 e. The van der Waals surface area contributed by atoms with Crippen LogP contribution in [0.1, 0.15) is 37.7 Å². The van der Waals surface area contributed by atoms with Crippen molar-refractivity contribution < 1.29 is 0 Å². The van der Waals surface area contributed by atoms with Crippen molar-refractivity contribution in [1.82, 2.24) is 20.4 Å². The molecule has 4 nitrogen and oxygen atoms in total. The Labute approximate surface area is 212 Å². The number of rotatable bonds is 7. The van der Waals surface area contributed by atoms with Crippen LogP contribution in [0.2, 0.25) is 5.02 Å². The van der Waals surface area contributed by atoms with Gasteiger partial charge in [-0.2, -0.15) is 0 Å². The van der Waals surface area contributed by atoms with E-state index in [0.29, 0.717) is 6.04 Å². The van der Waals surface area contributed by atoms with Crippen LogP contribution in [0.4, 0.5) is 0 Å². The highest BCUT2D eigenvalue weighted by Crippen LogP contribution is 2.40. The Bertz CT molecular complexity index is 572.